The van der Waals surface area contributed by atoms with Crippen LogP contribution in [0.5, 0.6) is 0 Å². The lowest BCUT2D eigenvalue weighted by Crippen LogP contribution is -2.13. The maximum Gasteiger partial charge on any atom is 0.292 e. The highest BCUT2D eigenvalue weighted by Crippen LogP contribution is 2.29. The Hall–Kier alpha value is -3.41. The van der Waals surface area contributed by atoms with Crippen molar-refractivity contribution in [2.75, 3.05) is 5.32 Å². The predicted molar refractivity (Wildman–Crippen MR) is 98.1 cm³/mol. The van der Waals surface area contributed by atoms with E-state index >= 15 is 0 Å². The first kappa shape index (κ1) is 16.1. The van der Waals surface area contributed by atoms with Crippen LogP contribution in [0, 0.1) is 20.8 Å². The van der Waals surface area contributed by atoms with E-state index in [1.807, 2.05) is 63.2 Å². The number of hydrogen-bond acceptors (Lipinski definition) is 5. The van der Waals surface area contributed by atoms with Gasteiger partial charge in [-0.3, -0.25) is 10.1 Å². The van der Waals surface area contributed by atoms with Gasteiger partial charge in [0.2, 0.25) is 5.82 Å². The third-order valence-electron chi connectivity index (χ3n) is 4.53. The molecule has 0 spiro atoms. The van der Waals surface area contributed by atoms with Crippen molar-refractivity contribution in [3.05, 3.63) is 64.9 Å². The molecule has 0 bridgehead atoms. The van der Waals surface area contributed by atoms with Gasteiger partial charge in [-0.25, -0.2) is 4.63 Å². The minimum absolute atomic E-state index is 0.256. The first-order chi connectivity index (χ1) is 12.5. The van der Waals surface area contributed by atoms with E-state index in [-0.39, 0.29) is 17.5 Å². The quantitative estimate of drug-likeness (QED) is 0.583. The zero-order valence-electron chi connectivity index (χ0n) is 14.7. The molecule has 26 heavy (non-hydrogen) atoms. The number of furan rings is 1. The lowest BCUT2D eigenvalue weighted by molar-refractivity contribution is 0.0997. The van der Waals surface area contributed by atoms with Crippen LogP contribution in [0.3, 0.4) is 0 Å². The fourth-order valence-electron chi connectivity index (χ4n) is 2.91. The summed E-state index contributed by atoms with van der Waals surface area (Å²) in [6.07, 6.45) is 0. The molecule has 0 saturated heterocycles. The van der Waals surface area contributed by atoms with Gasteiger partial charge in [0.15, 0.2) is 11.5 Å². The Balaban J connectivity index is 1.69. The molecule has 130 valence electrons. The summed E-state index contributed by atoms with van der Waals surface area (Å²) in [5.41, 5.74) is 5.03. The normalized spacial score (nSPS) is 11.0. The Morgan fingerprint density at radius 1 is 1.00 bits per heavy atom. The number of aryl methyl sites for hydroxylation is 3. The molecule has 4 aromatic rings. The first-order valence-electron chi connectivity index (χ1n) is 8.24. The van der Waals surface area contributed by atoms with Gasteiger partial charge in [-0.2, -0.15) is 0 Å². The van der Waals surface area contributed by atoms with Crippen molar-refractivity contribution in [3.8, 4) is 11.3 Å². The van der Waals surface area contributed by atoms with E-state index in [2.05, 4.69) is 15.6 Å². The van der Waals surface area contributed by atoms with E-state index in [0.29, 0.717) is 11.3 Å². The highest BCUT2D eigenvalue weighted by Gasteiger charge is 2.22. The molecule has 1 N–H and O–H groups in total. The van der Waals surface area contributed by atoms with Crippen molar-refractivity contribution < 1.29 is 13.8 Å². The number of fused-ring (bicyclic) bond motifs is 1. The third kappa shape index (κ3) is 2.65. The fraction of sp³-hybridized carbons (Fsp3) is 0.150. The Kier molecular flexibility index (Phi) is 3.80. The van der Waals surface area contributed by atoms with Gasteiger partial charge in [0.25, 0.3) is 5.91 Å². The van der Waals surface area contributed by atoms with E-state index in [1.165, 1.54) is 0 Å². The second-order valence-electron chi connectivity index (χ2n) is 6.27. The molecule has 0 atom stereocenters. The molecule has 4 rings (SSSR count). The molecule has 1 amide bonds. The molecule has 2 heterocycles. The molecule has 2 aromatic carbocycles. The zero-order valence-corrected chi connectivity index (χ0v) is 14.7. The van der Waals surface area contributed by atoms with E-state index in [1.54, 1.807) is 0 Å². The molecule has 0 aliphatic heterocycles. The number of amides is 1. The standard InChI is InChI=1S/C20H17N3O3/c1-11-9-15-13(3)18(25-16(15)10-12(11)2)20(24)21-19-17(22-26-23-19)14-7-5-4-6-8-14/h4-10H,1-3H3,(H,21,23,24). The van der Waals surface area contributed by atoms with E-state index < -0.39 is 0 Å². The minimum atomic E-state index is -0.387. The van der Waals surface area contributed by atoms with Crippen LogP contribution in [-0.4, -0.2) is 16.2 Å². The Morgan fingerprint density at radius 3 is 2.50 bits per heavy atom. The van der Waals surface area contributed by atoms with Crippen LogP contribution in [0.2, 0.25) is 0 Å². The fourth-order valence-corrected chi connectivity index (χ4v) is 2.91. The number of benzene rings is 2. The summed E-state index contributed by atoms with van der Waals surface area (Å²) in [4.78, 5) is 12.7. The second kappa shape index (κ2) is 6.15. The van der Waals surface area contributed by atoms with Gasteiger partial charge >= 0.3 is 0 Å². The van der Waals surface area contributed by atoms with Gasteiger partial charge in [0, 0.05) is 16.5 Å². The lowest BCUT2D eigenvalue weighted by atomic mass is 10.0. The number of nitrogens with one attached hydrogen (secondary N) is 1. The molecule has 6 heteroatoms. The lowest BCUT2D eigenvalue weighted by Gasteiger charge is -2.02. The van der Waals surface area contributed by atoms with Crippen LogP contribution in [0.4, 0.5) is 5.82 Å². The molecular weight excluding hydrogens is 330 g/mol. The number of rotatable bonds is 3. The van der Waals surface area contributed by atoms with Crippen LogP contribution in [0.15, 0.2) is 51.5 Å². The van der Waals surface area contributed by atoms with Crippen LogP contribution >= 0.6 is 0 Å². The summed E-state index contributed by atoms with van der Waals surface area (Å²) < 4.78 is 10.6. The van der Waals surface area contributed by atoms with Gasteiger partial charge in [0.1, 0.15) is 5.58 Å². The SMILES string of the molecule is Cc1cc2oc(C(=O)Nc3nonc3-c3ccccc3)c(C)c2cc1C. The minimum Gasteiger partial charge on any atom is -0.451 e. The van der Waals surface area contributed by atoms with Gasteiger partial charge in [-0.05, 0) is 54.3 Å². The molecule has 6 nitrogen and oxygen atoms in total. The maximum absolute atomic E-state index is 12.7. The number of hydrogen-bond donors (Lipinski definition) is 1. The summed E-state index contributed by atoms with van der Waals surface area (Å²) in [6, 6.07) is 13.4. The molecule has 0 fully saturated rings. The van der Waals surface area contributed by atoms with E-state index in [9.17, 15) is 4.79 Å². The Bertz CT molecular complexity index is 1110. The average molecular weight is 347 g/mol. The number of anilines is 1. The van der Waals surface area contributed by atoms with Crippen molar-refractivity contribution >= 4 is 22.7 Å². The van der Waals surface area contributed by atoms with E-state index in [4.69, 9.17) is 9.05 Å². The molecule has 2 aromatic heterocycles. The Labute approximate surface area is 149 Å². The summed E-state index contributed by atoms with van der Waals surface area (Å²) in [5, 5.41) is 11.4. The molecule has 0 saturated carbocycles. The van der Waals surface area contributed by atoms with Crippen LogP contribution < -0.4 is 5.32 Å². The van der Waals surface area contributed by atoms with Crippen molar-refractivity contribution in [2.45, 2.75) is 20.8 Å². The van der Waals surface area contributed by atoms with Crippen LogP contribution in [0.1, 0.15) is 27.2 Å². The van der Waals surface area contributed by atoms with E-state index in [0.717, 1.165) is 27.6 Å². The highest BCUT2D eigenvalue weighted by atomic mass is 16.6. The van der Waals surface area contributed by atoms with Crippen molar-refractivity contribution in [3.63, 3.8) is 0 Å². The monoisotopic (exact) mass is 347 g/mol. The molecular formula is C20H17N3O3. The number of aromatic nitrogens is 2. The number of nitrogens with zero attached hydrogens (tertiary/aromatic N) is 2. The molecule has 0 radical (unpaired) electrons. The Morgan fingerprint density at radius 2 is 1.73 bits per heavy atom. The number of carbonyl (C=O) groups is 1. The van der Waals surface area contributed by atoms with Crippen molar-refractivity contribution in [2.24, 2.45) is 0 Å². The van der Waals surface area contributed by atoms with Gasteiger partial charge in [0.05, 0.1) is 0 Å². The highest BCUT2D eigenvalue weighted by molar-refractivity contribution is 6.07. The summed E-state index contributed by atoms with van der Waals surface area (Å²) in [5.74, 6) is 0.127. The maximum atomic E-state index is 12.7. The molecule has 0 aliphatic rings. The largest absolute Gasteiger partial charge is 0.451 e. The van der Waals surface area contributed by atoms with Crippen LogP contribution in [-0.2, 0) is 0 Å². The smallest absolute Gasteiger partial charge is 0.292 e. The summed E-state index contributed by atoms with van der Waals surface area (Å²) in [7, 11) is 0. The third-order valence-corrected chi connectivity index (χ3v) is 4.53. The summed E-state index contributed by atoms with van der Waals surface area (Å²) in [6.45, 7) is 5.92. The van der Waals surface area contributed by atoms with Gasteiger partial charge < -0.3 is 4.42 Å². The zero-order chi connectivity index (χ0) is 18.3. The molecule has 0 unspecified atom stereocenters. The van der Waals surface area contributed by atoms with Crippen LogP contribution in [0.25, 0.3) is 22.2 Å². The van der Waals surface area contributed by atoms with Gasteiger partial charge in [-0.1, -0.05) is 30.3 Å². The van der Waals surface area contributed by atoms with Crippen molar-refractivity contribution in [1.29, 1.82) is 0 Å². The van der Waals surface area contributed by atoms with Crippen molar-refractivity contribution in [1.82, 2.24) is 10.3 Å². The summed E-state index contributed by atoms with van der Waals surface area (Å²) >= 11 is 0. The van der Waals surface area contributed by atoms with Gasteiger partial charge in [-0.15, -0.1) is 0 Å². The number of carbonyl (C=O) groups excluding carboxylic acids is 1. The first-order valence-corrected chi connectivity index (χ1v) is 8.24. The topological polar surface area (TPSA) is 81.2 Å². The second-order valence-corrected chi connectivity index (χ2v) is 6.27. The predicted octanol–water partition coefficient (Wildman–Crippen LogP) is 4.66. The molecule has 0 aliphatic carbocycles. The average Bonchev–Trinajstić information content (AvgIpc) is 3.22.